The summed E-state index contributed by atoms with van der Waals surface area (Å²) in [7, 11) is 5.63. The molecule has 162 valence electrons. The van der Waals surface area contributed by atoms with Gasteiger partial charge in [0.1, 0.15) is 17.3 Å². The Kier molecular flexibility index (Phi) is 6.57. The molecule has 0 saturated carbocycles. The fraction of sp³-hybridized carbons (Fsp3) is 0.391. The maximum absolute atomic E-state index is 5.15. The molecule has 2 aromatic heterocycles. The van der Waals surface area contributed by atoms with Crippen molar-refractivity contribution in [1.29, 1.82) is 0 Å². The summed E-state index contributed by atoms with van der Waals surface area (Å²) in [5.74, 6) is 3.20. The predicted octanol–water partition coefficient (Wildman–Crippen LogP) is 3.31. The zero-order chi connectivity index (χ0) is 21.6. The van der Waals surface area contributed by atoms with E-state index in [0.717, 1.165) is 47.3 Å². The van der Waals surface area contributed by atoms with Crippen molar-refractivity contribution in [3.8, 4) is 0 Å². The van der Waals surface area contributed by atoms with Crippen molar-refractivity contribution < 1.29 is 4.74 Å². The molecule has 0 atom stereocenters. The molecule has 0 amide bonds. The van der Waals surface area contributed by atoms with Crippen LogP contribution in [0, 0.1) is 0 Å². The van der Waals surface area contributed by atoms with E-state index in [9.17, 15) is 0 Å². The minimum absolute atomic E-state index is 0.618. The number of hydrogen-bond donors (Lipinski definition) is 1. The van der Waals surface area contributed by atoms with Crippen molar-refractivity contribution in [2.75, 3.05) is 62.6 Å². The lowest BCUT2D eigenvalue weighted by Crippen LogP contribution is -2.20. The van der Waals surface area contributed by atoms with Crippen molar-refractivity contribution in [2.24, 2.45) is 0 Å². The highest BCUT2D eigenvalue weighted by molar-refractivity contribution is 5.81. The number of rotatable bonds is 8. The molecule has 8 nitrogen and oxygen atoms in total. The van der Waals surface area contributed by atoms with Crippen LogP contribution in [0.25, 0.3) is 23.2 Å². The summed E-state index contributed by atoms with van der Waals surface area (Å²) >= 11 is 0. The Balaban J connectivity index is 1.68. The molecule has 1 fully saturated rings. The number of para-hydroxylation sites is 2. The Bertz CT molecular complexity index is 1060. The van der Waals surface area contributed by atoms with Gasteiger partial charge in [0.05, 0.1) is 17.6 Å². The largest absolute Gasteiger partial charge is 0.383 e. The quantitative estimate of drug-likeness (QED) is 0.557. The van der Waals surface area contributed by atoms with Crippen LogP contribution < -0.4 is 15.1 Å². The van der Waals surface area contributed by atoms with Gasteiger partial charge in [-0.15, -0.1) is 0 Å². The molecule has 1 aromatic carbocycles. The number of aromatic nitrogens is 4. The highest BCUT2D eigenvalue weighted by atomic mass is 16.5. The van der Waals surface area contributed by atoms with Gasteiger partial charge in [0, 0.05) is 46.9 Å². The molecule has 8 heteroatoms. The van der Waals surface area contributed by atoms with Gasteiger partial charge in [0.2, 0.25) is 0 Å². The van der Waals surface area contributed by atoms with Crippen LogP contribution in [0.1, 0.15) is 24.4 Å². The number of nitrogens with one attached hydrogen (secondary N) is 1. The molecule has 1 aliphatic heterocycles. The number of anilines is 3. The van der Waals surface area contributed by atoms with Crippen LogP contribution >= 0.6 is 0 Å². The minimum atomic E-state index is 0.618. The Morgan fingerprint density at radius 3 is 2.48 bits per heavy atom. The summed E-state index contributed by atoms with van der Waals surface area (Å²) in [4.78, 5) is 23.3. The van der Waals surface area contributed by atoms with E-state index < -0.39 is 0 Å². The van der Waals surface area contributed by atoms with E-state index in [2.05, 4.69) is 15.2 Å². The summed E-state index contributed by atoms with van der Waals surface area (Å²) in [6.07, 6.45) is 6.24. The Hall–Kier alpha value is -3.26. The van der Waals surface area contributed by atoms with Gasteiger partial charge in [-0.1, -0.05) is 12.1 Å². The van der Waals surface area contributed by atoms with Crippen LogP contribution in [0.4, 0.5) is 17.5 Å². The molecule has 0 radical (unpaired) electrons. The topological polar surface area (TPSA) is 79.3 Å². The number of fused-ring (bicyclic) bond motifs is 1. The molecule has 3 aromatic rings. The average Bonchev–Trinajstić information content (AvgIpc) is 3.32. The number of methoxy groups -OCH3 is 1. The third-order valence-corrected chi connectivity index (χ3v) is 5.16. The van der Waals surface area contributed by atoms with Gasteiger partial charge in [-0.2, -0.15) is 0 Å². The lowest BCUT2D eigenvalue weighted by Gasteiger charge is -2.18. The highest BCUT2D eigenvalue weighted by Gasteiger charge is 2.16. The van der Waals surface area contributed by atoms with Crippen molar-refractivity contribution >= 4 is 40.6 Å². The van der Waals surface area contributed by atoms with E-state index in [4.69, 9.17) is 19.7 Å². The first-order chi connectivity index (χ1) is 15.1. The maximum Gasteiger partial charge on any atom is 0.156 e. The molecule has 0 unspecified atom stereocenters. The van der Waals surface area contributed by atoms with Crippen LogP contribution in [0.15, 0.2) is 30.3 Å². The van der Waals surface area contributed by atoms with E-state index in [-0.39, 0.29) is 0 Å². The van der Waals surface area contributed by atoms with Crippen molar-refractivity contribution in [3.63, 3.8) is 0 Å². The summed E-state index contributed by atoms with van der Waals surface area (Å²) in [6.45, 7) is 3.36. The van der Waals surface area contributed by atoms with Gasteiger partial charge in [-0.3, -0.25) is 0 Å². The second kappa shape index (κ2) is 9.70. The van der Waals surface area contributed by atoms with Gasteiger partial charge in [-0.25, -0.2) is 19.9 Å². The molecule has 1 aliphatic rings. The standard InChI is InChI=1S/C23H29N7O/c1-29(2)23-19(25-17-8-4-5-9-18(17)26-23)10-11-20-27-21(24-12-15-31-3)16-22(28-20)30-13-6-7-14-30/h4-5,8-11,16H,6-7,12-15H2,1-3H3,(H,24,27,28)/b11-10+. The first kappa shape index (κ1) is 21.0. The molecule has 3 heterocycles. The fourth-order valence-electron chi connectivity index (χ4n) is 3.61. The number of ether oxygens (including phenoxy) is 1. The molecule has 1 N–H and O–H groups in total. The number of benzene rings is 1. The SMILES string of the molecule is COCCNc1cc(N2CCCC2)nc(/C=C/c2nc3ccccc3nc2N(C)C)n1. The lowest BCUT2D eigenvalue weighted by atomic mass is 10.2. The average molecular weight is 420 g/mol. The second-order valence-electron chi connectivity index (χ2n) is 7.73. The maximum atomic E-state index is 5.15. The zero-order valence-electron chi connectivity index (χ0n) is 18.4. The molecule has 0 aliphatic carbocycles. The van der Waals surface area contributed by atoms with Crippen molar-refractivity contribution in [2.45, 2.75) is 12.8 Å². The Morgan fingerprint density at radius 2 is 1.77 bits per heavy atom. The molecule has 31 heavy (non-hydrogen) atoms. The van der Waals surface area contributed by atoms with Gasteiger partial charge < -0.3 is 19.9 Å². The monoisotopic (exact) mass is 419 g/mol. The second-order valence-corrected chi connectivity index (χ2v) is 7.73. The van der Waals surface area contributed by atoms with E-state index in [1.165, 1.54) is 12.8 Å². The highest BCUT2D eigenvalue weighted by Crippen LogP contribution is 2.23. The number of hydrogen-bond acceptors (Lipinski definition) is 8. The summed E-state index contributed by atoms with van der Waals surface area (Å²) in [6, 6.07) is 9.91. The molecule has 0 bridgehead atoms. The third-order valence-electron chi connectivity index (χ3n) is 5.16. The molecular weight excluding hydrogens is 390 g/mol. The molecule has 1 saturated heterocycles. The molecule has 4 rings (SSSR count). The fourth-order valence-corrected chi connectivity index (χ4v) is 3.61. The smallest absolute Gasteiger partial charge is 0.156 e. The van der Waals surface area contributed by atoms with Gasteiger partial charge in [0.15, 0.2) is 11.6 Å². The van der Waals surface area contributed by atoms with Gasteiger partial charge in [0.25, 0.3) is 0 Å². The normalized spacial score (nSPS) is 14.0. The zero-order valence-corrected chi connectivity index (χ0v) is 18.4. The predicted molar refractivity (Wildman–Crippen MR) is 127 cm³/mol. The Morgan fingerprint density at radius 1 is 1.03 bits per heavy atom. The summed E-state index contributed by atoms with van der Waals surface area (Å²) in [5.41, 5.74) is 2.52. The van der Waals surface area contributed by atoms with Gasteiger partial charge >= 0.3 is 0 Å². The lowest BCUT2D eigenvalue weighted by molar-refractivity contribution is 0.210. The Labute approximate surface area is 183 Å². The van der Waals surface area contributed by atoms with Gasteiger partial charge in [-0.05, 0) is 37.1 Å². The molecule has 0 spiro atoms. The molecular formula is C23H29N7O. The van der Waals surface area contributed by atoms with Crippen LogP contribution in [-0.4, -0.2) is 67.4 Å². The number of nitrogens with zero attached hydrogens (tertiary/aromatic N) is 6. The van der Waals surface area contributed by atoms with Crippen LogP contribution in [0.2, 0.25) is 0 Å². The van der Waals surface area contributed by atoms with Crippen molar-refractivity contribution in [1.82, 2.24) is 19.9 Å². The van der Waals surface area contributed by atoms with Crippen LogP contribution in [0.3, 0.4) is 0 Å². The van der Waals surface area contributed by atoms with E-state index in [1.807, 2.05) is 61.5 Å². The van der Waals surface area contributed by atoms with Crippen molar-refractivity contribution in [3.05, 3.63) is 41.9 Å². The third kappa shape index (κ3) is 5.08. The first-order valence-corrected chi connectivity index (χ1v) is 10.6. The van der Waals surface area contributed by atoms with E-state index >= 15 is 0 Å². The van der Waals surface area contributed by atoms with E-state index in [1.54, 1.807) is 7.11 Å². The first-order valence-electron chi connectivity index (χ1n) is 10.6. The summed E-state index contributed by atoms with van der Waals surface area (Å²) < 4.78 is 5.15. The van der Waals surface area contributed by atoms with E-state index in [0.29, 0.717) is 19.0 Å². The van der Waals surface area contributed by atoms with Crippen LogP contribution in [0.5, 0.6) is 0 Å². The van der Waals surface area contributed by atoms with Crippen LogP contribution in [-0.2, 0) is 4.74 Å². The summed E-state index contributed by atoms with van der Waals surface area (Å²) in [5, 5.41) is 3.33. The minimum Gasteiger partial charge on any atom is -0.383 e.